The van der Waals surface area contributed by atoms with Crippen molar-refractivity contribution in [1.82, 2.24) is 9.78 Å². The van der Waals surface area contributed by atoms with Crippen LogP contribution in [0.3, 0.4) is 0 Å². The van der Waals surface area contributed by atoms with E-state index in [0.717, 1.165) is 11.5 Å². The molecule has 0 aliphatic carbocycles. The summed E-state index contributed by atoms with van der Waals surface area (Å²) in [6.07, 6.45) is 0. The van der Waals surface area contributed by atoms with Gasteiger partial charge in [-0.1, -0.05) is 17.7 Å². The number of nitrogens with zero attached hydrogens (tertiary/aromatic N) is 2. The molecule has 4 nitrogen and oxygen atoms in total. The highest BCUT2D eigenvalue weighted by atomic mass is 35.5. The summed E-state index contributed by atoms with van der Waals surface area (Å²) in [7, 11) is 1.88. The third-order valence-electron chi connectivity index (χ3n) is 2.65. The molecule has 0 aliphatic rings. The predicted octanol–water partition coefficient (Wildman–Crippen LogP) is 2.70. The van der Waals surface area contributed by atoms with Crippen molar-refractivity contribution < 1.29 is 5.11 Å². The molecule has 0 atom stereocenters. The molecule has 17 heavy (non-hydrogen) atoms. The van der Waals surface area contributed by atoms with Gasteiger partial charge < -0.3 is 10.4 Å². The Labute approximate surface area is 105 Å². The first-order chi connectivity index (χ1) is 8.08. The number of hydrogen-bond donors (Lipinski definition) is 2. The fourth-order valence-corrected chi connectivity index (χ4v) is 1.78. The molecule has 1 aromatic carbocycles. The summed E-state index contributed by atoms with van der Waals surface area (Å²) in [5.74, 6) is 0.960. The van der Waals surface area contributed by atoms with Crippen molar-refractivity contribution in [1.29, 1.82) is 0 Å². The second-order valence-corrected chi connectivity index (χ2v) is 4.29. The highest BCUT2D eigenvalue weighted by molar-refractivity contribution is 6.31. The van der Waals surface area contributed by atoms with Crippen LogP contribution in [0.15, 0.2) is 24.3 Å². The molecule has 0 aliphatic heterocycles. The van der Waals surface area contributed by atoms with Gasteiger partial charge in [-0.2, -0.15) is 5.10 Å². The molecule has 0 saturated heterocycles. The lowest BCUT2D eigenvalue weighted by Crippen LogP contribution is -2.01. The molecular weight excluding hydrogens is 238 g/mol. The SMILES string of the molecule is Cc1cc(NCc2c(O)cccc2Cl)nn1C. The fraction of sp³-hybridized carbons (Fsp3) is 0.250. The second kappa shape index (κ2) is 4.67. The Hall–Kier alpha value is -1.68. The van der Waals surface area contributed by atoms with E-state index >= 15 is 0 Å². The number of benzene rings is 1. The van der Waals surface area contributed by atoms with Crippen molar-refractivity contribution >= 4 is 17.4 Å². The average Bonchev–Trinajstić information content (AvgIpc) is 2.58. The molecule has 5 heteroatoms. The highest BCUT2D eigenvalue weighted by Gasteiger charge is 2.07. The Morgan fingerprint density at radius 1 is 1.47 bits per heavy atom. The van der Waals surface area contributed by atoms with E-state index in [1.807, 2.05) is 20.0 Å². The number of phenolic OH excluding ortho intramolecular Hbond substituents is 1. The Kier molecular flexibility index (Phi) is 3.24. The van der Waals surface area contributed by atoms with Crippen molar-refractivity contribution in [2.24, 2.45) is 7.05 Å². The molecule has 0 saturated carbocycles. The van der Waals surface area contributed by atoms with E-state index in [0.29, 0.717) is 17.1 Å². The fourth-order valence-electron chi connectivity index (χ4n) is 1.55. The van der Waals surface area contributed by atoms with Crippen LogP contribution in [-0.2, 0) is 13.6 Å². The summed E-state index contributed by atoms with van der Waals surface area (Å²) >= 11 is 6.01. The van der Waals surface area contributed by atoms with E-state index < -0.39 is 0 Å². The van der Waals surface area contributed by atoms with E-state index in [1.165, 1.54) is 0 Å². The molecule has 0 spiro atoms. The number of aryl methyl sites for hydroxylation is 2. The molecule has 2 rings (SSSR count). The topological polar surface area (TPSA) is 50.1 Å². The maximum Gasteiger partial charge on any atom is 0.148 e. The Balaban J connectivity index is 2.12. The number of phenols is 1. The maximum atomic E-state index is 9.68. The zero-order chi connectivity index (χ0) is 12.4. The van der Waals surface area contributed by atoms with Gasteiger partial charge in [-0.15, -0.1) is 0 Å². The third-order valence-corrected chi connectivity index (χ3v) is 3.01. The molecule has 0 fully saturated rings. The standard InChI is InChI=1S/C12H14ClN3O/c1-8-6-12(15-16(8)2)14-7-9-10(13)4-3-5-11(9)17/h3-6,17H,7H2,1-2H3,(H,14,15). The van der Waals surface area contributed by atoms with Crippen LogP contribution in [-0.4, -0.2) is 14.9 Å². The lowest BCUT2D eigenvalue weighted by atomic mass is 10.2. The Bertz CT molecular complexity index is 497. The van der Waals surface area contributed by atoms with Crippen LogP contribution in [0.25, 0.3) is 0 Å². The van der Waals surface area contributed by atoms with Crippen LogP contribution in [0.2, 0.25) is 5.02 Å². The van der Waals surface area contributed by atoms with Crippen molar-refractivity contribution in [2.75, 3.05) is 5.32 Å². The number of halogens is 1. The predicted molar refractivity (Wildman–Crippen MR) is 68.4 cm³/mol. The number of aromatic hydroxyl groups is 1. The first kappa shape index (κ1) is 11.8. The molecule has 1 aromatic heterocycles. The van der Waals surface area contributed by atoms with Crippen LogP contribution in [0.4, 0.5) is 5.82 Å². The van der Waals surface area contributed by atoms with Crippen molar-refractivity contribution in [2.45, 2.75) is 13.5 Å². The molecule has 90 valence electrons. The zero-order valence-corrected chi connectivity index (χ0v) is 10.5. The van der Waals surface area contributed by atoms with Gasteiger partial charge in [-0.3, -0.25) is 4.68 Å². The normalized spacial score (nSPS) is 10.5. The van der Waals surface area contributed by atoms with Crippen molar-refractivity contribution in [3.05, 3.63) is 40.5 Å². The van der Waals surface area contributed by atoms with Gasteiger partial charge in [0.2, 0.25) is 0 Å². The van der Waals surface area contributed by atoms with Crippen molar-refractivity contribution in [3.8, 4) is 5.75 Å². The van der Waals surface area contributed by atoms with Crippen LogP contribution >= 0.6 is 11.6 Å². The van der Waals surface area contributed by atoms with E-state index in [1.54, 1.807) is 22.9 Å². The van der Waals surface area contributed by atoms with E-state index in [2.05, 4.69) is 10.4 Å². The molecule has 0 bridgehead atoms. The summed E-state index contributed by atoms with van der Waals surface area (Å²) in [5, 5.41) is 17.6. The van der Waals surface area contributed by atoms with Gasteiger partial charge in [0.25, 0.3) is 0 Å². The number of nitrogens with one attached hydrogen (secondary N) is 1. The number of anilines is 1. The Morgan fingerprint density at radius 2 is 2.24 bits per heavy atom. The third kappa shape index (κ3) is 2.53. The van der Waals surface area contributed by atoms with Crippen LogP contribution < -0.4 is 5.32 Å². The van der Waals surface area contributed by atoms with Gasteiger partial charge in [-0.05, 0) is 19.1 Å². The maximum absolute atomic E-state index is 9.68. The van der Waals surface area contributed by atoms with Gasteiger partial charge in [0, 0.05) is 35.9 Å². The van der Waals surface area contributed by atoms with Crippen LogP contribution in [0.1, 0.15) is 11.3 Å². The minimum Gasteiger partial charge on any atom is -0.508 e. The monoisotopic (exact) mass is 251 g/mol. The first-order valence-electron chi connectivity index (χ1n) is 5.29. The minimum atomic E-state index is 0.192. The molecule has 2 N–H and O–H groups in total. The molecule has 0 radical (unpaired) electrons. The van der Waals surface area contributed by atoms with Gasteiger partial charge in [-0.25, -0.2) is 0 Å². The summed E-state index contributed by atoms with van der Waals surface area (Å²) in [6, 6.07) is 7.02. The lowest BCUT2D eigenvalue weighted by Gasteiger charge is -2.07. The summed E-state index contributed by atoms with van der Waals surface area (Å²) in [4.78, 5) is 0. The summed E-state index contributed by atoms with van der Waals surface area (Å²) in [6.45, 7) is 2.42. The molecule has 0 amide bonds. The lowest BCUT2D eigenvalue weighted by molar-refractivity contribution is 0.469. The quantitative estimate of drug-likeness (QED) is 0.882. The molecule has 2 aromatic rings. The van der Waals surface area contributed by atoms with Crippen LogP contribution in [0.5, 0.6) is 5.75 Å². The second-order valence-electron chi connectivity index (χ2n) is 3.89. The van der Waals surface area contributed by atoms with Crippen molar-refractivity contribution in [3.63, 3.8) is 0 Å². The number of hydrogen-bond acceptors (Lipinski definition) is 3. The first-order valence-corrected chi connectivity index (χ1v) is 5.66. The molecular formula is C12H14ClN3O. The number of aromatic nitrogens is 2. The highest BCUT2D eigenvalue weighted by Crippen LogP contribution is 2.25. The smallest absolute Gasteiger partial charge is 0.148 e. The van der Waals surface area contributed by atoms with Gasteiger partial charge >= 0.3 is 0 Å². The Morgan fingerprint density at radius 3 is 2.82 bits per heavy atom. The van der Waals surface area contributed by atoms with Gasteiger partial charge in [0.05, 0.1) is 0 Å². The van der Waals surface area contributed by atoms with Gasteiger partial charge in [0.15, 0.2) is 0 Å². The molecule has 0 unspecified atom stereocenters. The summed E-state index contributed by atoms with van der Waals surface area (Å²) < 4.78 is 1.79. The zero-order valence-electron chi connectivity index (χ0n) is 9.74. The van der Waals surface area contributed by atoms with E-state index in [-0.39, 0.29) is 5.75 Å². The summed E-state index contributed by atoms with van der Waals surface area (Å²) in [5.41, 5.74) is 1.74. The van der Waals surface area contributed by atoms with Crippen LogP contribution in [0, 0.1) is 6.92 Å². The van der Waals surface area contributed by atoms with E-state index in [4.69, 9.17) is 11.6 Å². The number of rotatable bonds is 3. The minimum absolute atomic E-state index is 0.192. The largest absolute Gasteiger partial charge is 0.508 e. The van der Waals surface area contributed by atoms with E-state index in [9.17, 15) is 5.11 Å². The average molecular weight is 252 g/mol. The van der Waals surface area contributed by atoms with Gasteiger partial charge in [0.1, 0.15) is 11.6 Å². The molecule has 1 heterocycles.